The molecule has 1 aromatic carbocycles. The van der Waals surface area contributed by atoms with Crippen molar-refractivity contribution < 1.29 is 0 Å². The molecule has 0 amide bonds. The summed E-state index contributed by atoms with van der Waals surface area (Å²) >= 11 is 0. The van der Waals surface area contributed by atoms with Gasteiger partial charge in [-0.15, -0.1) is 15.3 Å². The molecule has 0 unspecified atom stereocenters. The zero-order valence-corrected chi connectivity index (χ0v) is 13.5. The third kappa shape index (κ3) is 2.93. The molecule has 0 aliphatic heterocycles. The van der Waals surface area contributed by atoms with E-state index in [1.807, 2.05) is 16.6 Å². The molecule has 0 aliphatic rings. The Hall–Kier alpha value is -2.43. The molecule has 0 fully saturated rings. The fraction of sp³-hybridized carbons (Fsp3) is 0.353. The Morgan fingerprint density at radius 2 is 1.73 bits per heavy atom. The van der Waals surface area contributed by atoms with Crippen molar-refractivity contribution in [1.82, 2.24) is 19.8 Å². The molecule has 2 heterocycles. The standard InChI is InChI=1S/C17H21N5/c1-12-5-7-13(8-6-12)11-18-14-9-10-15-19-20-16(17(2,3)4)22(15)21-14/h5-10H,11H2,1-4H3,(H,18,21). The fourth-order valence-electron chi connectivity index (χ4n) is 2.25. The van der Waals surface area contributed by atoms with Gasteiger partial charge in [0.1, 0.15) is 5.82 Å². The number of benzene rings is 1. The maximum absolute atomic E-state index is 4.61. The lowest BCUT2D eigenvalue weighted by atomic mass is 9.96. The Morgan fingerprint density at radius 3 is 2.41 bits per heavy atom. The predicted molar refractivity (Wildman–Crippen MR) is 88.0 cm³/mol. The summed E-state index contributed by atoms with van der Waals surface area (Å²) in [5.41, 5.74) is 3.17. The molecule has 22 heavy (non-hydrogen) atoms. The molecule has 0 spiro atoms. The zero-order chi connectivity index (χ0) is 15.7. The van der Waals surface area contributed by atoms with Crippen LogP contribution in [0.5, 0.6) is 0 Å². The van der Waals surface area contributed by atoms with Gasteiger partial charge in [0.05, 0.1) is 0 Å². The van der Waals surface area contributed by atoms with E-state index in [9.17, 15) is 0 Å². The van der Waals surface area contributed by atoms with Crippen molar-refractivity contribution in [1.29, 1.82) is 0 Å². The third-order valence-electron chi connectivity index (χ3n) is 3.53. The van der Waals surface area contributed by atoms with Gasteiger partial charge in [-0.3, -0.25) is 0 Å². The van der Waals surface area contributed by atoms with Crippen molar-refractivity contribution in [3.8, 4) is 0 Å². The first-order valence-electron chi connectivity index (χ1n) is 7.46. The van der Waals surface area contributed by atoms with E-state index in [2.05, 4.69) is 72.6 Å². The van der Waals surface area contributed by atoms with E-state index in [1.165, 1.54) is 11.1 Å². The van der Waals surface area contributed by atoms with Gasteiger partial charge in [-0.1, -0.05) is 50.6 Å². The molecule has 5 nitrogen and oxygen atoms in total. The first-order valence-corrected chi connectivity index (χ1v) is 7.46. The van der Waals surface area contributed by atoms with Gasteiger partial charge in [0.2, 0.25) is 0 Å². The molecule has 0 aliphatic carbocycles. The van der Waals surface area contributed by atoms with Crippen LogP contribution in [0.4, 0.5) is 5.82 Å². The highest BCUT2D eigenvalue weighted by Crippen LogP contribution is 2.20. The normalized spacial score (nSPS) is 11.8. The van der Waals surface area contributed by atoms with Gasteiger partial charge >= 0.3 is 0 Å². The highest BCUT2D eigenvalue weighted by molar-refractivity contribution is 5.44. The fourth-order valence-corrected chi connectivity index (χ4v) is 2.25. The molecule has 0 saturated heterocycles. The number of hydrogen-bond acceptors (Lipinski definition) is 4. The second kappa shape index (κ2) is 5.40. The molecule has 0 saturated carbocycles. The minimum atomic E-state index is -0.0952. The lowest BCUT2D eigenvalue weighted by Crippen LogP contribution is -2.17. The summed E-state index contributed by atoms with van der Waals surface area (Å²) in [6, 6.07) is 12.4. The van der Waals surface area contributed by atoms with Crippen LogP contribution in [-0.2, 0) is 12.0 Å². The third-order valence-corrected chi connectivity index (χ3v) is 3.53. The molecule has 5 heteroatoms. The van der Waals surface area contributed by atoms with Gasteiger partial charge in [0.25, 0.3) is 0 Å². The Bertz CT molecular complexity index is 781. The summed E-state index contributed by atoms with van der Waals surface area (Å²) in [6.45, 7) is 9.16. The minimum absolute atomic E-state index is 0.0952. The molecular weight excluding hydrogens is 274 g/mol. The Balaban J connectivity index is 1.83. The monoisotopic (exact) mass is 295 g/mol. The van der Waals surface area contributed by atoms with Crippen LogP contribution in [0.15, 0.2) is 36.4 Å². The summed E-state index contributed by atoms with van der Waals surface area (Å²) in [6.07, 6.45) is 0. The van der Waals surface area contributed by atoms with Crippen molar-refractivity contribution in [3.63, 3.8) is 0 Å². The Morgan fingerprint density at radius 1 is 1.00 bits per heavy atom. The van der Waals surface area contributed by atoms with Crippen LogP contribution in [0, 0.1) is 6.92 Å². The van der Waals surface area contributed by atoms with Crippen molar-refractivity contribution in [3.05, 3.63) is 53.3 Å². The van der Waals surface area contributed by atoms with Crippen LogP contribution < -0.4 is 5.32 Å². The summed E-state index contributed by atoms with van der Waals surface area (Å²) < 4.78 is 1.82. The highest BCUT2D eigenvalue weighted by Gasteiger charge is 2.21. The smallest absolute Gasteiger partial charge is 0.178 e. The van der Waals surface area contributed by atoms with Crippen molar-refractivity contribution in [2.45, 2.75) is 39.7 Å². The van der Waals surface area contributed by atoms with E-state index < -0.39 is 0 Å². The van der Waals surface area contributed by atoms with Gasteiger partial charge in [-0.2, -0.15) is 4.52 Å². The second-order valence-corrected chi connectivity index (χ2v) is 6.60. The number of fused-ring (bicyclic) bond motifs is 1. The number of hydrogen-bond donors (Lipinski definition) is 1. The number of anilines is 1. The maximum atomic E-state index is 4.61. The SMILES string of the molecule is Cc1ccc(CNc2ccc3nnc(C(C)(C)C)n3n2)cc1. The molecule has 2 aromatic heterocycles. The summed E-state index contributed by atoms with van der Waals surface area (Å²) in [7, 11) is 0. The van der Waals surface area contributed by atoms with Gasteiger partial charge < -0.3 is 5.32 Å². The first kappa shape index (κ1) is 14.5. The lowest BCUT2D eigenvalue weighted by molar-refractivity contribution is 0.527. The zero-order valence-electron chi connectivity index (χ0n) is 13.5. The summed E-state index contributed by atoms with van der Waals surface area (Å²) in [4.78, 5) is 0. The highest BCUT2D eigenvalue weighted by atomic mass is 15.4. The van der Waals surface area contributed by atoms with E-state index in [0.717, 1.165) is 23.8 Å². The van der Waals surface area contributed by atoms with Crippen molar-refractivity contribution in [2.75, 3.05) is 5.32 Å². The quantitative estimate of drug-likeness (QED) is 0.805. The number of nitrogens with zero attached hydrogens (tertiary/aromatic N) is 4. The van der Waals surface area contributed by atoms with Crippen LogP contribution in [-0.4, -0.2) is 19.8 Å². The number of nitrogens with one attached hydrogen (secondary N) is 1. The van der Waals surface area contributed by atoms with E-state index in [1.54, 1.807) is 0 Å². The molecule has 114 valence electrons. The lowest BCUT2D eigenvalue weighted by Gasteiger charge is -2.15. The maximum Gasteiger partial charge on any atom is 0.178 e. The second-order valence-electron chi connectivity index (χ2n) is 6.60. The Kier molecular flexibility index (Phi) is 3.56. The van der Waals surface area contributed by atoms with Crippen LogP contribution in [0.2, 0.25) is 0 Å². The van der Waals surface area contributed by atoms with Crippen LogP contribution >= 0.6 is 0 Å². The first-order chi connectivity index (χ1) is 10.4. The summed E-state index contributed by atoms with van der Waals surface area (Å²) in [5.74, 6) is 1.68. The average Bonchev–Trinajstić information content (AvgIpc) is 2.90. The van der Waals surface area contributed by atoms with E-state index in [-0.39, 0.29) is 5.41 Å². The topological polar surface area (TPSA) is 55.1 Å². The molecule has 3 rings (SSSR count). The van der Waals surface area contributed by atoms with Crippen LogP contribution in [0.25, 0.3) is 5.65 Å². The van der Waals surface area contributed by atoms with Gasteiger partial charge in [-0.05, 0) is 24.6 Å². The van der Waals surface area contributed by atoms with Gasteiger partial charge in [-0.25, -0.2) is 0 Å². The van der Waals surface area contributed by atoms with E-state index in [4.69, 9.17) is 0 Å². The molecular formula is C17H21N5. The van der Waals surface area contributed by atoms with Crippen molar-refractivity contribution >= 4 is 11.5 Å². The number of aryl methyl sites for hydroxylation is 1. The van der Waals surface area contributed by atoms with Gasteiger partial charge in [0, 0.05) is 12.0 Å². The minimum Gasteiger partial charge on any atom is -0.365 e. The van der Waals surface area contributed by atoms with Gasteiger partial charge in [0.15, 0.2) is 11.5 Å². The average molecular weight is 295 g/mol. The van der Waals surface area contributed by atoms with Crippen molar-refractivity contribution in [2.24, 2.45) is 0 Å². The van der Waals surface area contributed by atoms with Crippen LogP contribution in [0.1, 0.15) is 37.7 Å². The number of aromatic nitrogens is 4. The number of rotatable bonds is 3. The van der Waals surface area contributed by atoms with Crippen LogP contribution in [0.3, 0.4) is 0 Å². The Labute approximate surface area is 130 Å². The molecule has 0 bridgehead atoms. The largest absolute Gasteiger partial charge is 0.365 e. The molecule has 0 radical (unpaired) electrons. The predicted octanol–water partition coefficient (Wildman–Crippen LogP) is 3.34. The molecule has 3 aromatic rings. The summed E-state index contributed by atoms with van der Waals surface area (Å²) in [5, 5.41) is 16.4. The molecule has 1 N–H and O–H groups in total. The van der Waals surface area contributed by atoms with E-state index in [0.29, 0.717) is 0 Å². The van der Waals surface area contributed by atoms with E-state index >= 15 is 0 Å². The molecule has 0 atom stereocenters.